The maximum absolute atomic E-state index is 13.6. The van der Waals surface area contributed by atoms with Crippen molar-refractivity contribution in [1.82, 2.24) is 25.5 Å². The van der Waals surface area contributed by atoms with E-state index in [1.165, 1.54) is 18.5 Å². The fourth-order valence-electron chi connectivity index (χ4n) is 5.88. The molecule has 0 atom stereocenters. The molecule has 0 unspecified atom stereocenters. The quantitative estimate of drug-likeness (QED) is 0.275. The number of aromatic nitrogens is 4. The van der Waals surface area contributed by atoms with E-state index < -0.39 is 0 Å². The second kappa shape index (κ2) is 15.0. The summed E-state index contributed by atoms with van der Waals surface area (Å²) in [6.07, 6.45) is 9.10. The number of benzene rings is 1. The van der Waals surface area contributed by atoms with Gasteiger partial charge in [0.25, 0.3) is 12.6 Å². The summed E-state index contributed by atoms with van der Waals surface area (Å²) >= 11 is 0. The van der Waals surface area contributed by atoms with Gasteiger partial charge in [0.2, 0.25) is 6.41 Å². The molecule has 232 valence electrons. The van der Waals surface area contributed by atoms with Gasteiger partial charge in [-0.1, -0.05) is 27.1 Å². The minimum atomic E-state index is -0.291. The molecule has 1 amide bonds. The van der Waals surface area contributed by atoms with Crippen LogP contribution in [0.1, 0.15) is 64.3 Å². The molecular formula is C32H41BFN7O3. The van der Waals surface area contributed by atoms with Crippen molar-refractivity contribution >= 4 is 18.9 Å². The van der Waals surface area contributed by atoms with E-state index in [1.807, 2.05) is 46.9 Å². The lowest BCUT2D eigenvalue weighted by molar-refractivity contribution is -0.109. The molecule has 1 spiro atoms. The molecule has 1 aliphatic carbocycles. The van der Waals surface area contributed by atoms with Gasteiger partial charge in [0.05, 0.1) is 0 Å². The number of ether oxygens (including phenoxy) is 2. The number of amides is 1. The number of hydrogen-bond acceptors (Lipinski definition) is 9. The average molecular weight is 602 g/mol. The Hall–Kier alpha value is -4.27. The first-order valence-corrected chi connectivity index (χ1v) is 15.4. The number of aryl methyl sites for hydroxylation is 2. The van der Waals surface area contributed by atoms with Crippen LogP contribution in [0.5, 0.6) is 17.4 Å². The summed E-state index contributed by atoms with van der Waals surface area (Å²) in [6, 6.07) is 6.70. The first-order chi connectivity index (χ1) is 21.3. The van der Waals surface area contributed by atoms with E-state index in [1.54, 1.807) is 6.07 Å². The van der Waals surface area contributed by atoms with Crippen molar-refractivity contribution < 1.29 is 18.7 Å². The van der Waals surface area contributed by atoms with Crippen molar-refractivity contribution in [3.63, 3.8) is 0 Å². The summed E-state index contributed by atoms with van der Waals surface area (Å²) < 4.78 is 26.1. The second-order valence-electron chi connectivity index (χ2n) is 11.5. The largest absolute Gasteiger partial charge is 0.490 e. The summed E-state index contributed by atoms with van der Waals surface area (Å²) in [7, 11) is 0. The van der Waals surface area contributed by atoms with Crippen LogP contribution in [0.25, 0.3) is 0 Å². The van der Waals surface area contributed by atoms with Crippen molar-refractivity contribution in [1.29, 1.82) is 5.26 Å². The summed E-state index contributed by atoms with van der Waals surface area (Å²) in [5.41, 5.74) is 3.14. The van der Waals surface area contributed by atoms with Gasteiger partial charge in [0, 0.05) is 48.0 Å². The van der Waals surface area contributed by atoms with Gasteiger partial charge in [-0.3, -0.25) is 9.78 Å². The Kier molecular flexibility index (Phi) is 11.1. The number of fused-ring (bicyclic) bond motifs is 1. The molecule has 44 heavy (non-hydrogen) atoms. The van der Waals surface area contributed by atoms with Gasteiger partial charge in [-0.25, -0.2) is 14.6 Å². The Morgan fingerprint density at radius 3 is 2.66 bits per heavy atom. The third-order valence-corrected chi connectivity index (χ3v) is 8.01. The van der Waals surface area contributed by atoms with E-state index in [0.717, 1.165) is 67.6 Å². The zero-order valence-electron chi connectivity index (χ0n) is 26.2. The number of nitriles is 1. The molecule has 1 saturated carbocycles. The molecule has 10 nitrogen and oxygen atoms in total. The Morgan fingerprint density at radius 1 is 1.23 bits per heavy atom. The highest BCUT2D eigenvalue weighted by Crippen LogP contribution is 2.52. The van der Waals surface area contributed by atoms with E-state index >= 15 is 0 Å². The van der Waals surface area contributed by atoms with E-state index in [2.05, 4.69) is 36.4 Å². The number of rotatable bonds is 8. The Morgan fingerprint density at radius 2 is 2.00 bits per heavy atom. The van der Waals surface area contributed by atoms with E-state index in [0.29, 0.717) is 30.3 Å². The first-order valence-electron chi connectivity index (χ1n) is 15.4. The molecule has 0 bridgehead atoms. The molecular weight excluding hydrogens is 560 g/mol. The highest BCUT2D eigenvalue weighted by Gasteiger charge is 2.54. The fourth-order valence-corrected chi connectivity index (χ4v) is 5.88. The molecule has 4 heterocycles. The van der Waals surface area contributed by atoms with E-state index in [4.69, 9.17) is 9.47 Å². The number of anilines is 1. The van der Waals surface area contributed by atoms with Crippen molar-refractivity contribution in [2.45, 2.75) is 85.1 Å². The van der Waals surface area contributed by atoms with Crippen LogP contribution in [0.4, 0.5) is 10.2 Å². The third kappa shape index (κ3) is 7.62. The zero-order chi connectivity index (χ0) is 31.7. The fraction of sp³-hybridized carbons (Fsp3) is 0.500. The van der Waals surface area contributed by atoms with Gasteiger partial charge >= 0.3 is 0 Å². The maximum atomic E-state index is 13.6. The first kappa shape index (κ1) is 32.6. The van der Waals surface area contributed by atoms with Crippen LogP contribution in [0.2, 0.25) is 6.32 Å². The topological polar surface area (TPSA) is 126 Å². The molecule has 0 radical (unpaired) electrons. The van der Waals surface area contributed by atoms with Gasteiger partial charge in [-0.05, 0) is 75.7 Å². The zero-order valence-corrected chi connectivity index (χ0v) is 26.2. The minimum absolute atomic E-state index is 0.0400. The summed E-state index contributed by atoms with van der Waals surface area (Å²) in [5.74, 6) is 4.54. The molecule has 2 aromatic heterocycles. The number of nitrogens with zero attached hydrogens (tertiary/aromatic N) is 6. The monoisotopic (exact) mass is 601 g/mol. The standard InChI is InChI=1S/C26H26BFN6O2.C4H9NO.C2H6/c1-2-17-9-18(28)3-4-22(17)36-25-24(31-16-32-33-25)34-13-26(14-34)10-19(11-26)35-23-6-8-30-21-5-7-27(15-29)12-20(21)23;1-4(2)5-3-6;1-2/h3-4,6,8-9,16,19H,2,5,7,10-14H2,1H3;3-4H,1-2H3,(H,5,6);1-2H3. The molecule has 1 saturated heterocycles. The number of pyridine rings is 1. The molecule has 2 aliphatic heterocycles. The van der Waals surface area contributed by atoms with E-state index in [-0.39, 0.29) is 30.1 Å². The second-order valence-corrected chi connectivity index (χ2v) is 11.5. The Labute approximate surface area is 259 Å². The van der Waals surface area contributed by atoms with Crippen LogP contribution in [0, 0.1) is 22.5 Å². The van der Waals surface area contributed by atoms with Crippen molar-refractivity contribution in [2.24, 2.45) is 5.41 Å². The predicted octanol–water partition coefficient (Wildman–Crippen LogP) is 5.17. The van der Waals surface area contributed by atoms with Crippen LogP contribution in [-0.4, -0.2) is 58.5 Å². The molecule has 6 rings (SSSR count). The predicted molar refractivity (Wildman–Crippen MR) is 167 cm³/mol. The number of carbonyl (C=O) groups excluding carboxylic acids is 1. The van der Waals surface area contributed by atoms with Gasteiger partial charge in [-0.15, -0.1) is 10.2 Å². The maximum Gasteiger partial charge on any atom is 0.282 e. The van der Waals surface area contributed by atoms with Crippen LogP contribution in [0.15, 0.2) is 36.8 Å². The molecule has 3 aliphatic rings. The number of nitrogens with one attached hydrogen (secondary N) is 1. The van der Waals surface area contributed by atoms with E-state index in [9.17, 15) is 14.4 Å². The van der Waals surface area contributed by atoms with Crippen LogP contribution >= 0.6 is 0 Å². The third-order valence-electron chi connectivity index (χ3n) is 8.01. The molecule has 1 N–H and O–H groups in total. The number of hydrogen-bond donors (Lipinski definition) is 1. The summed E-state index contributed by atoms with van der Waals surface area (Å²) in [6.45, 7) is 11.5. The SMILES string of the molecule is CC.CC(C)NC=O.CCc1cc(F)ccc1Oc1nncnc1N1CC2(CC(Oc3ccnc4c3CB(C#N)CC4)C2)C1. The van der Waals surface area contributed by atoms with Crippen LogP contribution < -0.4 is 19.7 Å². The van der Waals surface area contributed by atoms with Crippen molar-refractivity contribution in [3.8, 4) is 23.3 Å². The van der Waals surface area contributed by atoms with Crippen molar-refractivity contribution in [3.05, 3.63) is 59.4 Å². The lowest BCUT2D eigenvalue weighted by Gasteiger charge is -2.58. The van der Waals surface area contributed by atoms with Crippen LogP contribution in [0.3, 0.4) is 0 Å². The average Bonchev–Trinajstić information content (AvgIpc) is 3.00. The lowest BCUT2D eigenvalue weighted by Crippen LogP contribution is -2.65. The Bertz CT molecular complexity index is 1450. The lowest BCUT2D eigenvalue weighted by atomic mass is 9.42. The molecule has 3 aromatic rings. The summed E-state index contributed by atoms with van der Waals surface area (Å²) in [4.78, 5) is 20.6. The number of halogens is 1. The highest BCUT2D eigenvalue weighted by atomic mass is 19.1. The van der Waals surface area contributed by atoms with Gasteiger partial charge in [0.1, 0.15) is 29.7 Å². The molecule has 12 heteroatoms. The summed E-state index contributed by atoms with van der Waals surface area (Å²) in [5, 5.41) is 20.0. The van der Waals surface area contributed by atoms with Gasteiger partial charge in [-0.2, -0.15) is 0 Å². The number of carbonyl (C=O) groups is 1. The van der Waals surface area contributed by atoms with Gasteiger partial charge in [0.15, 0.2) is 5.82 Å². The minimum Gasteiger partial charge on any atom is -0.490 e. The Balaban J connectivity index is 0.000000496. The smallest absolute Gasteiger partial charge is 0.282 e. The highest BCUT2D eigenvalue weighted by molar-refractivity contribution is 6.66. The van der Waals surface area contributed by atoms with Gasteiger partial charge < -0.3 is 19.7 Å². The molecule has 2 fully saturated rings. The van der Waals surface area contributed by atoms with Crippen LogP contribution in [-0.2, 0) is 24.0 Å². The van der Waals surface area contributed by atoms with Crippen molar-refractivity contribution in [2.75, 3.05) is 18.0 Å². The molecule has 1 aromatic carbocycles. The normalized spacial score (nSPS) is 16.1.